The van der Waals surface area contributed by atoms with E-state index >= 15 is 24.0 Å². The lowest BCUT2D eigenvalue weighted by Gasteiger charge is -2.48. The number of anilines is 1. The minimum Gasteiger partial charge on any atom is -0.508 e. The molecule has 0 radical (unpaired) electrons. The summed E-state index contributed by atoms with van der Waals surface area (Å²) in [5.74, 6) is -18.2. The molecule has 18 atom stereocenters. The highest BCUT2D eigenvalue weighted by atomic mass is 35.5. The van der Waals surface area contributed by atoms with Crippen LogP contribution in [0.25, 0.3) is 11.1 Å². The van der Waals surface area contributed by atoms with Gasteiger partial charge in [-0.3, -0.25) is 64.0 Å². The van der Waals surface area contributed by atoms with Gasteiger partial charge in [0.15, 0.2) is 23.9 Å². The number of guanidine groups is 1. The topological polar surface area (TPSA) is 634 Å². The number of aliphatic hydroxyl groups excluding tert-OH is 6. The van der Waals surface area contributed by atoms with Crippen molar-refractivity contribution >= 4 is 99.7 Å². The molecule has 8 heterocycles. The van der Waals surface area contributed by atoms with Crippen LogP contribution in [-0.2, 0) is 70.3 Å². The fraction of sp³-hybridized carbons (Fsp3) is 0.383. The molecule has 0 unspecified atom stereocenters. The Morgan fingerprint density at radius 2 is 1.37 bits per heavy atom. The maximum Gasteiger partial charge on any atom is 0.349 e. The predicted molar refractivity (Wildman–Crippen MR) is 441 cm³/mol. The molecule has 0 spiro atoms. The van der Waals surface area contributed by atoms with E-state index in [1.165, 1.54) is 49.0 Å². The Bertz CT molecular complexity index is 5470. The van der Waals surface area contributed by atoms with Crippen molar-refractivity contribution in [2.45, 2.75) is 169 Å². The molecule has 2 fully saturated rings. The lowest BCUT2D eigenvalue weighted by molar-refractivity contribution is -0.334. The number of hydrogen-bond acceptors (Lipinski definition) is 29. The lowest BCUT2D eigenvalue weighted by Crippen LogP contribution is -2.65. The Kier molecular flexibility index (Phi) is 28.9. The number of fused-ring (bicyclic) bond motifs is 15. The number of halogens is 4. The van der Waals surface area contributed by atoms with Crippen molar-refractivity contribution in [2.24, 2.45) is 17.4 Å². The molecule has 126 heavy (non-hydrogen) atoms. The van der Waals surface area contributed by atoms with Crippen molar-refractivity contribution in [1.82, 2.24) is 62.9 Å². The fourth-order valence-electron chi connectivity index (χ4n) is 15.0. The molecule has 2 saturated heterocycles. The summed E-state index contributed by atoms with van der Waals surface area (Å²) < 4.78 is 54.3. The molecule has 672 valence electrons. The van der Waals surface area contributed by atoms with Crippen molar-refractivity contribution in [3.8, 4) is 57.1 Å². The van der Waals surface area contributed by atoms with Gasteiger partial charge in [0.05, 0.1) is 52.8 Å². The molecule has 41 nitrogen and oxygen atoms in total. The second kappa shape index (κ2) is 39.2. The zero-order valence-electron chi connectivity index (χ0n) is 67.4. The van der Waals surface area contributed by atoms with Gasteiger partial charge < -0.3 is 134 Å². The van der Waals surface area contributed by atoms with Gasteiger partial charge in [-0.25, -0.2) is 9.18 Å². The molecule has 7 aliphatic rings. The average molecular weight is 1810 g/mol. The van der Waals surface area contributed by atoms with Crippen LogP contribution in [0.2, 0.25) is 15.1 Å². The molecule has 0 aliphatic carbocycles. The number of aliphatic hydroxyl groups is 6. The van der Waals surface area contributed by atoms with E-state index in [1.807, 2.05) is 0 Å². The maximum absolute atomic E-state index is 16.3. The summed E-state index contributed by atoms with van der Waals surface area (Å²) in [4.78, 5) is 150. The summed E-state index contributed by atoms with van der Waals surface area (Å²) in [7, 11) is 1.46. The molecule has 6 aromatic carbocycles. The van der Waals surface area contributed by atoms with Crippen LogP contribution in [0.15, 0.2) is 114 Å². The molecule has 1 aromatic heterocycles. The number of carbonyl (C=O) groups is 9. The van der Waals surface area contributed by atoms with E-state index in [0.717, 1.165) is 78.9 Å². The van der Waals surface area contributed by atoms with Crippen LogP contribution in [0.5, 0.6) is 46.0 Å². The quantitative estimate of drug-likeness (QED) is 0.0279. The first-order chi connectivity index (χ1) is 59.7. The van der Waals surface area contributed by atoms with Gasteiger partial charge in [0.25, 0.3) is 5.91 Å². The number of nitrogens with zero attached hydrogens (tertiary/aromatic N) is 2. The number of rotatable bonds is 20. The van der Waals surface area contributed by atoms with Gasteiger partial charge >= 0.3 is 5.69 Å². The Morgan fingerprint density at radius 3 is 2.00 bits per heavy atom. The lowest BCUT2D eigenvalue weighted by atomic mass is 9.85. The summed E-state index contributed by atoms with van der Waals surface area (Å²) in [6, 6.07) is 4.05. The van der Waals surface area contributed by atoms with Crippen molar-refractivity contribution in [2.75, 3.05) is 25.5 Å². The number of hydrogen-bond donors (Lipinski definition) is 23. The zero-order chi connectivity index (χ0) is 91.4. The standard InChI is InChI=1S/C81H90Cl3FN16O25/c1-31(2)18-45(89-5)71(113)97-62-64(108)35-8-12-49(42(83)22-35)122-51-24-37-25-52(68(51)126-78-69(67(111)66(110)53(30-102)124-78)125-57-29-81(4,70(112)32(3)121-57)90-15-17-101-16-14-55(93-80(101)120)92-56(107)20-33-6-10-44(85)41(82)19-33)123-50-13-9-36(23-43(50)84)65(109)63-76(118)96-61(77(119)99-100-79(87)88)40-26-38(103)27-48(105)58(40)39-21-34(7-11-47(39)104)59(73(115)98-63)95-74(116)60(37)94-72(114)46(28-54(86)106)91-75(62)117/h6-14,16,19,21-27,31-32,45-46,53,57,59-67,69-70,78,89-90,102-105,108-112H,15,17-18,20,28-30H2,1-5H3,(H2,86,106)(H,91,117)(H,94,114)(H,95,116)(H,96,118)(H,97,113)(H,98,115)(H,99,119)(H4,87,88,100)(H,92,93,107,120)/t32-,45+,46-,53+,57-,59+,60+,61+,62+,63-,64+,65+,66+,67-,69+,70+,78-,81-/m0/s1. The number of likely N-dealkylation sites (N-methyl/N-ethyl adjacent to an activating group) is 1. The minimum atomic E-state index is -2.42. The molecular formula is C81H90Cl3FN16O25. The molecule has 25 N–H and O–H groups in total. The van der Waals surface area contributed by atoms with Crippen LogP contribution in [0, 0.1) is 17.1 Å². The van der Waals surface area contributed by atoms with Gasteiger partial charge in [-0.2, -0.15) is 4.98 Å². The van der Waals surface area contributed by atoms with E-state index < -0.39 is 271 Å². The summed E-state index contributed by atoms with van der Waals surface area (Å²) >= 11 is 20.2. The number of primary amides is 1. The van der Waals surface area contributed by atoms with Crippen molar-refractivity contribution in [3.05, 3.63) is 174 Å². The van der Waals surface area contributed by atoms with E-state index in [2.05, 4.69) is 63.7 Å². The molecule has 9 amide bonds. The third-order valence-electron chi connectivity index (χ3n) is 21.4. The summed E-state index contributed by atoms with van der Waals surface area (Å²) in [6.07, 6.45) is -18.7. The van der Waals surface area contributed by atoms with Crippen LogP contribution < -0.4 is 90.1 Å². The van der Waals surface area contributed by atoms with E-state index in [0.29, 0.717) is 5.56 Å². The Hall–Kier alpha value is -12.1. The molecular weight excluding hydrogens is 1720 g/mol. The third-order valence-corrected chi connectivity index (χ3v) is 22.3. The number of phenolic OH excluding ortho intramolecular Hbond substituents is 3. The fourth-order valence-corrected chi connectivity index (χ4v) is 15.7. The second-order valence-corrected chi connectivity index (χ2v) is 32.2. The molecule has 7 aliphatic heterocycles. The van der Waals surface area contributed by atoms with Crippen LogP contribution in [0.1, 0.15) is 111 Å². The summed E-state index contributed by atoms with van der Waals surface area (Å²) in [5, 5.41) is 137. The SMILES string of the molecule is CN[C@H](CC(C)C)C(=O)N[C@H]1C(=O)N[C@@H](CC(N)=O)C(=O)N[C@H]2C(=O)N[C@H]3C(=O)N[C@H](C(=O)N[C@@H](C(=O)NNC(=N)N)c4cc(O)cc(O)c4-c4cc3ccc4O)[C@H](O)c3ccc(c(Cl)c3)Oc3cc2cc(c3O[C@@H]2O[C@H](CO)[C@@H](O)[C@H](O)[C@H]2O[C@H]2C[C@](C)(NCCn3ccc(NC(=O)Cc4ccc(F)c(Cl)c4)nc3=O)[C@H](O)[C@H](C)O2)Oc2ccc(cc2Cl)[C@H]1O. The van der Waals surface area contributed by atoms with Gasteiger partial charge in [0.1, 0.15) is 107 Å². The minimum absolute atomic E-state index is 0.0661. The smallest absolute Gasteiger partial charge is 0.349 e. The van der Waals surface area contributed by atoms with Gasteiger partial charge in [-0.15, -0.1) is 0 Å². The number of nitrogens with one attached hydrogen (secondary N) is 12. The first kappa shape index (κ1) is 93.0. The predicted octanol–water partition coefficient (Wildman–Crippen LogP) is 0.397. The number of hydrazine groups is 1. The largest absolute Gasteiger partial charge is 0.508 e. The number of ether oxygens (including phenoxy) is 6. The number of aromatic nitrogens is 2. The molecule has 14 rings (SSSR count). The van der Waals surface area contributed by atoms with Crippen LogP contribution >= 0.6 is 34.8 Å². The molecule has 0 saturated carbocycles. The number of benzene rings is 6. The highest BCUT2D eigenvalue weighted by molar-refractivity contribution is 6.32. The third kappa shape index (κ3) is 21.0. The van der Waals surface area contributed by atoms with Crippen LogP contribution in [-0.4, -0.2) is 214 Å². The second-order valence-electron chi connectivity index (χ2n) is 31.0. The monoisotopic (exact) mass is 1810 g/mol. The van der Waals surface area contributed by atoms with Crippen molar-refractivity contribution < 1.29 is 122 Å². The van der Waals surface area contributed by atoms with Crippen LogP contribution in [0.3, 0.4) is 0 Å². The van der Waals surface area contributed by atoms with Crippen molar-refractivity contribution in [3.63, 3.8) is 0 Å². The zero-order valence-corrected chi connectivity index (χ0v) is 69.6. The summed E-state index contributed by atoms with van der Waals surface area (Å²) in [5.41, 5.74) is 10.6. The number of amides is 9. The Morgan fingerprint density at radius 1 is 0.722 bits per heavy atom. The maximum atomic E-state index is 16.3. The average Bonchev–Trinajstić information content (AvgIpc) is 0.764. The number of aromatic hydroxyl groups is 3. The Labute approximate surface area is 729 Å². The number of phenols is 3. The molecule has 11 bridgehead atoms. The van der Waals surface area contributed by atoms with E-state index in [1.54, 1.807) is 20.8 Å². The first-order valence-corrected chi connectivity index (χ1v) is 40.2. The van der Waals surface area contributed by atoms with Crippen LogP contribution in [0.4, 0.5) is 10.2 Å². The molecule has 45 heteroatoms. The van der Waals surface area contributed by atoms with Gasteiger partial charge in [0.2, 0.25) is 65.3 Å². The highest BCUT2D eigenvalue weighted by Crippen LogP contribution is 2.50. The Balaban J connectivity index is 1.000. The number of nitrogens with two attached hydrogens (primary N) is 2. The normalized spacial score (nSPS) is 25.8. The van der Waals surface area contributed by atoms with Gasteiger partial charge in [-0.05, 0) is 139 Å². The van der Waals surface area contributed by atoms with Crippen molar-refractivity contribution in [1.29, 1.82) is 5.41 Å². The highest BCUT2D eigenvalue weighted by Gasteiger charge is 2.52. The first-order valence-electron chi connectivity index (χ1n) is 39.1. The molecule has 7 aromatic rings. The van der Waals surface area contributed by atoms with E-state index in [4.69, 9.17) is 80.1 Å². The van der Waals surface area contributed by atoms with Gasteiger partial charge in [-0.1, -0.05) is 72.9 Å². The summed E-state index contributed by atoms with van der Waals surface area (Å²) in [6.45, 7) is 5.46. The van der Waals surface area contributed by atoms with E-state index in [-0.39, 0.29) is 65.8 Å². The van der Waals surface area contributed by atoms with E-state index in [9.17, 15) is 74.3 Å². The van der Waals surface area contributed by atoms with Gasteiger partial charge in [0, 0.05) is 48.4 Å². The number of carbonyl (C=O) groups excluding carboxylic acids is 9.